The number of nitrogens with zero attached hydrogens (tertiary/aromatic N) is 2. The Morgan fingerprint density at radius 1 is 1.27 bits per heavy atom. The van der Waals surface area contributed by atoms with E-state index >= 15 is 0 Å². The van der Waals surface area contributed by atoms with Gasteiger partial charge in [0.25, 0.3) is 0 Å². The SMILES string of the molecule is CC(C)(C)OC(=O)N1CCC(CN2CC(CO)CC2=O)CC1. The number of piperidine rings is 1. The van der Waals surface area contributed by atoms with Gasteiger partial charge >= 0.3 is 6.09 Å². The molecule has 0 spiro atoms. The fourth-order valence-corrected chi connectivity index (χ4v) is 3.09. The lowest BCUT2D eigenvalue weighted by atomic mass is 9.96. The predicted octanol–water partition coefficient (Wildman–Crippen LogP) is 1.47. The van der Waals surface area contributed by atoms with Crippen LogP contribution in [0.4, 0.5) is 4.79 Å². The summed E-state index contributed by atoms with van der Waals surface area (Å²) in [6, 6.07) is 0. The molecule has 6 nitrogen and oxygen atoms in total. The molecule has 1 N–H and O–H groups in total. The van der Waals surface area contributed by atoms with E-state index in [2.05, 4.69) is 0 Å². The van der Waals surface area contributed by atoms with Gasteiger partial charge in [0.2, 0.25) is 5.91 Å². The van der Waals surface area contributed by atoms with Gasteiger partial charge in [0, 0.05) is 45.1 Å². The van der Waals surface area contributed by atoms with Crippen molar-refractivity contribution in [2.24, 2.45) is 11.8 Å². The fourth-order valence-electron chi connectivity index (χ4n) is 3.09. The summed E-state index contributed by atoms with van der Waals surface area (Å²) in [5.41, 5.74) is -0.463. The van der Waals surface area contributed by atoms with Crippen molar-refractivity contribution in [2.45, 2.75) is 45.6 Å². The molecule has 2 fully saturated rings. The van der Waals surface area contributed by atoms with Crippen LogP contribution in [0.15, 0.2) is 0 Å². The zero-order valence-corrected chi connectivity index (χ0v) is 13.9. The molecule has 1 atom stereocenters. The smallest absolute Gasteiger partial charge is 0.410 e. The molecule has 2 amide bonds. The molecule has 2 rings (SSSR count). The molecular formula is C16H28N2O4. The number of amides is 2. The van der Waals surface area contributed by atoms with Gasteiger partial charge in [0.05, 0.1) is 0 Å². The van der Waals surface area contributed by atoms with Crippen molar-refractivity contribution < 1.29 is 19.4 Å². The lowest BCUT2D eigenvalue weighted by molar-refractivity contribution is -0.128. The van der Waals surface area contributed by atoms with Gasteiger partial charge in [-0.2, -0.15) is 0 Å². The molecule has 0 aromatic carbocycles. The fraction of sp³-hybridized carbons (Fsp3) is 0.875. The predicted molar refractivity (Wildman–Crippen MR) is 82.3 cm³/mol. The Bertz CT molecular complexity index is 411. The Morgan fingerprint density at radius 3 is 2.41 bits per heavy atom. The molecule has 2 aliphatic rings. The third kappa shape index (κ3) is 4.60. The summed E-state index contributed by atoms with van der Waals surface area (Å²) in [5, 5.41) is 9.16. The molecule has 2 aliphatic heterocycles. The van der Waals surface area contributed by atoms with Gasteiger partial charge in [0.1, 0.15) is 5.60 Å². The number of carbonyl (C=O) groups is 2. The van der Waals surface area contributed by atoms with Crippen LogP contribution in [0.2, 0.25) is 0 Å². The third-order valence-corrected chi connectivity index (χ3v) is 4.30. The molecule has 0 radical (unpaired) electrons. The quantitative estimate of drug-likeness (QED) is 0.857. The van der Waals surface area contributed by atoms with E-state index in [1.807, 2.05) is 25.7 Å². The molecule has 2 saturated heterocycles. The van der Waals surface area contributed by atoms with Crippen molar-refractivity contribution in [3.8, 4) is 0 Å². The first-order valence-corrected chi connectivity index (χ1v) is 8.15. The number of carbonyl (C=O) groups excluding carboxylic acids is 2. The molecule has 0 saturated carbocycles. The van der Waals surface area contributed by atoms with Gasteiger partial charge in [-0.15, -0.1) is 0 Å². The highest BCUT2D eigenvalue weighted by molar-refractivity contribution is 5.78. The minimum atomic E-state index is -0.463. The Hall–Kier alpha value is -1.30. The number of likely N-dealkylation sites (tertiary alicyclic amines) is 2. The average molecular weight is 312 g/mol. The standard InChI is InChI=1S/C16H28N2O4/c1-16(2,3)22-15(21)17-6-4-12(5-7-17)9-18-10-13(11-19)8-14(18)20/h12-13,19H,4-11H2,1-3H3. The summed E-state index contributed by atoms with van der Waals surface area (Å²) < 4.78 is 5.39. The van der Waals surface area contributed by atoms with Crippen molar-refractivity contribution in [3.63, 3.8) is 0 Å². The van der Waals surface area contributed by atoms with Gasteiger partial charge in [-0.25, -0.2) is 4.79 Å². The normalized spacial score (nSPS) is 24.0. The molecule has 2 heterocycles. The van der Waals surface area contributed by atoms with Crippen LogP contribution in [-0.2, 0) is 9.53 Å². The van der Waals surface area contributed by atoms with E-state index in [1.165, 1.54) is 0 Å². The first-order valence-electron chi connectivity index (χ1n) is 8.15. The van der Waals surface area contributed by atoms with E-state index in [0.29, 0.717) is 32.0 Å². The van der Waals surface area contributed by atoms with Crippen molar-refractivity contribution in [3.05, 3.63) is 0 Å². The van der Waals surface area contributed by atoms with Gasteiger partial charge in [0.15, 0.2) is 0 Å². The highest BCUT2D eigenvalue weighted by atomic mass is 16.6. The van der Waals surface area contributed by atoms with Crippen molar-refractivity contribution >= 4 is 12.0 Å². The van der Waals surface area contributed by atoms with E-state index < -0.39 is 5.60 Å². The molecule has 6 heteroatoms. The summed E-state index contributed by atoms with van der Waals surface area (Å²) in [4.78, 5) is 27.5. The maximum Gasteiger partial charge on any atom is 0.410 e. The summed E-state index contributed by atoms with van der Waals surface area (Å²) in [6.45, 7) is 8.48. The molecule has 0 aliphatic carbocycles. The van der Waals surface area contributed by atoms with E-state index in [1.54, 1.807) is 4.90 Å². The minimum Gasteiger partial charge on any atom is -0.444 e. The van der Waals surface area contributed by atoms with Crippen LogP contribution in [-0.4, -0.2) is 65.3 Å². The lowest BCUT2D eigenvalue weighted by Gasteiger charge is -2.34. The molecule has 0 aromatic rings. The Kier molecular flexibility index (Phi) is 5.32. The number of hydrogen-bond acceptors (Lipinski definition) is 4. The van der Waals surface area contributed by atoms with Gasteiger partial charge in [-0.05, 0) is 39.5 Å². The van der Waals surface area contributed by atoms with Gasteiger partial charge in [-0.3, -0.25) is 4.79 Å². The third-order valence-electron chi connectivity index (χ3n) is 4.30. The van der Waals surface area contributed by atoms with Crippen molar-refractivity contribution in [1.82, 2.24) is 9.80 Å². The van der Waals surface area contributed by atoms with E-state index in [4.69, 9.17) is 9.84 Å². The second kappa shape index (κ2) is 6.86. The Labute approximate surface area is 132 Å². The van der Waals surface area contributed by atoms with E-state index in [9.17, 15) is 9.59 Å². The van der Waals surface area contributed by atoms with Gasteiger partial charge in [-0.1, -0.05) is 0 Å². The van der Waals surface area contributed by atoms with Gasteiger partial charge < -0.3 is 19.6 Å². The second-order valence-corrected chi connectivity index (χ2v) is 7.46. The topological polar surface area (TPSA) is 70.1 Å². The summed E-state index contributed by atoms with van der Waals surface area (Å²) in [6.07, 6.45) is 2.01. The van der Waals surface area contributed by atoms with Crippen molar-refractivity contribution in [2.75, 3.05) is 32.8 Å². The molecule has 126 valence electrons. The molecule has 0 aromatic heterocycles. The van der Waals surface area contributed by atoms with Crippen LogP contribution in [0.25, 0.3) is 0 Å². The minimum absolute atomic E-state index is 0.0827. The first-order chi connectivity index (χ1) is 10.3. The second-order valence-electron chi connectivity index (χ2n) is 7.46. The number of aliphatic hydroxyl groups is 1. The number of aliphatic hydroxyl groups excluding tert-OH is 1. The van der Waals surface area contributed by atoms with E-state index in [-0.39, 0.29) is 24.5 Å². The summed E-state index contributed by atoms with van der Waals surface area (Å²) >= 11 is 0. The van der Waals surface area contributed by atoms with E-state index in [0.717, 1.165) is 19.4 Å². The Balaban J connectivity index is 1.76. The summed E-state index contributed by atoms with van der Waals surface area (Å²) in [5.74, 6) is 0.669. The maximum absolute atomic E-state index is 12.0. The van der Waals surface area contributed by atoms with Crippen LogP contribution < -0.4 is 0 Å². The number of hydrogen-bond donors (Lipinski definition) is 1. The number of ether oxygens (including phenoxy) is 1. The largest absolute Gasteiger partial charge is 0.444 e. The molecule has 1 unspecified atom stereocenters. The van der Waals surface area contributed by atoms with Crippen LogP contribution in [0.5, 0.6) is 0 Å². The van der Waals surface area contributed by atoms with Crippen LogP contribution in [0.1, 0.15) is 40.0 Å². The van der Waals surface area contributed by atoms with Crippen molar-refractivity contribution in [1.29, 1.82) is 0 Å². The molecular weight excluding hydrogens is 284 g/mol. The average Bonchev–Trinajstić information content (AvgIpc) is 2.78. The zero-order valence-electron chi connectivity index (χ0n) is 13.9. The highest BCUT2D eigenvalue weighted by Gasteiger charge is 2.32. The Morgan fingerprint density at radius 2 is 1.91 bits per heavy atom. The maximum atomic E-state index is 12.0. The molecule has 0 bridgehead atoms. The van der Waals surface area contributed by atoms with Crippen LogP contribution >= 0.6 is 0 Å². The highest BCUT2D eigenvalue weighted by Crippen LogP contribution is 2.24. The van der Waals surface area contributed by atoms with Crippen LogP contribution in [0, 0.1) is 11.8 Å². The van der Waals surface area contributed by atoms with Crippen LogP contribution in [0.3, 0.4) is 0 Å². The lowest BCUT2D eigenvalue weighted by Crippen LogP contribution is -2.44. The number of rotatable bonds is 3. The molecule has 22 heavy (non-hydrogen) atoms. The zero-order chi connectivity index (χ0) is 16.3. The monoisotopic (exact) mass is 312 g/mol. The summed E-state index contributed by atoms with van der Waals surface area (Å²) in [7, 11) is 0. The first kappa shape index (κ1) is 17.1.